The van der Waals surface area contributed by atoms with Crippen LogP contribution in [0.3, 0.4) is 0 Å². The Kier molecular flexibility index (Phi) is 3.92. The number of aromatic nitrogens is 2. The van der Waals surface area contributed by atoms with Gasteiger partial charge < -0.3 is 5.73 Å². The summed E-state index contributed by atoms with van der Waals surface area (Å²) in [6.45, 7) is 2.63. The monoisotopic (exact) mass is 259 g/mol. The van der Waals surface area contributed by atoms with Crippen molar-refractivity contribution < 1.29 is 0 Å². The lowest BCUT2D eigenvalue weighted by Crippen LogP contribution is -2.20. The van der Waals surface area contributed by atoms with Gasteiger partial charge in [-0.15, -0.1) is 11.3 Å². The van der Waals surface area contributed by atoms with Crippen molar-refractivity contribution in [1.82, 2.24) is 9.55 Å². The minimum absolute atomic E-state index is 0.0476. The van der Waals surface area contributed by atoms with Crippen molar-refractivity contribution in [2.75, 3.05) is 6.54 Å². The highest BCUT2D eigenvalue weighted by molar-refractivity contribution is 7.10. The van der Waals surface area contributed by atoms with Crippen LogP contribution >= 0.6 is 11.3 Å². The lowest BCUT2D eigenvalue weighted by molar-refractivity contribution is 0.738. The molecule has 0 aromatic carbocycles. The van der Waals surface area contributed by atoms with Gasteiger partial charge in [-0.2, -0.15) is 0 Å². The van der Waals surface area contributed by atoms with Gasteiger partial charge in [0.15, 0.2) is 0 Å². The molecule has 0 amide bonds. The van der Waals surface area contributed by atoms with Crippen LogP contribution in [0.15, 0.2) is 28.6 Å². The lowest BCUT2D eigenvalue weighted by atomic mass is 10.2. The van der Waals surface area contributed by atoms with Gasteiger partial charge in [-0.05, 0) is 18.4 Å². The van der Waals surface area contributed by atoms with E-state index in [2.05, 4.69) is 16.8 Å². The van der Waals surface area contributed by atoms with E-state index in [4.69, 9.17) is 5.73 Å². The molecular formula is C13H13N3OS. The molecule has 0 aliphatic rings. The Hall–Kier alpha value is -1.90. The second-order valence-electron chi connectivity index (χ2n) is 3.76. The summed E-state index contributed by atoms with van der Waals surface area (Å²) in [4.78, 5) is 16.9. The van der Waals surface area contributed by atoms with E-state index in [9.17, 15) is 4.79 Å². The van der Waals surface area contributed by atoms with E-state index in [0.29, 0.717) is 13.1 Å². The Morgan fingerprint density at radius 2 is 2.39 bits per heavy atom. The molecule has 18 heavy (non-hydrogen) atoms. The van der Waals surface area contributed by atoms with E-state index in [0.717, 1.165) is 16.1 Å². The zero-order valence-corrected chi connectivity index (χ0v) is 10.8. The fourth-order valence-electron chi connectivity index (χ4n) is 1.51. The summed E-state index contributed by atoms with van der Waals surface area (Å²) >= 11 is 1.58. The van der Waals surface area contributed by atoms with Crippen molar-refractivity contribution in [1.29, 1.82) is 0 Å². The Bertz CT molecular complexity index is 661. The minimum atomic E-state index is -0.0476. The summed E-state index contributed by atoms with van der Waals surface area (Å²) in [7, 11) is 0. The number of rotatable bonds is 2. The molecule has 0 spiro atoms. The Labute approximate surface area is 109 Å². The van der Waals surface area contributed by atoms with Gasteiger partial charge in [-0.25, -0.2) is 4.98 Å². The van der Waals surface area contributed by atoms with Crippen LogP contribution in [0, 0.1) is 18.8 Å². The third-order valence-corrected chi connectivity index (χ3v) is 3.31. The molecule has 2 N–H and O–H groups in total. The summed E-state index contributed by atoms with van der Waals surface area (Å²) < 4.78 is 1.58. The molecule has 0 aliphatic heterocycles. The second kappa shape index (κ2) is 5.63. The first-order chi connectivity index (χ1) is 8.70. The van der Waals surface area contributed by atoms with E-state index in [1.807, 2.05) is 11.4 Å². The zero-order valence-electron chi connectivity index (χ0n) is 10.0. The molecule has 5 heteroatoms. The van der Waals surface area contributed by atoms with Gasteiger partial charge in [0.2, 0.25) is 0 Å². The first-order valence-electron chi connectivity index (χ1n) is 5.49. The molecule has 0 fully saturated rings. The molecule has 0 saturated heterocycles. The molecule has 2 heterocycles. The van der Waals surface area contributed by atoms with Crippen LogP contribution in [0.25, 0.3) is 0 Å². The van der Waals surface area contributed by atoms with Gasteiger partial charge in [0.05, 0.1) is 19.4 Å². The van der Waals surface area contributed by atoms with Gasteiger partial charge in [0.1, 0.15) is 0 Å². The molecule has 0 unspecified atom stereocenters. The van der Waals surface area contributed by atoms with E-state index in [-0.39, 0.29) is 5.56 Å². The van der Waals surface area contributed by atoms with E-state index >= 15 is 0 Å². The summed E-state index contributed by atoms with van der Waals surface area (Å²) in [6.07, 6.45) is 1.57. The van der Waals surface area contributed by atoms with Crippen molar-refractivity contribution in [2.45, 2.75) is 13.5 Å². The van der Waals surface area contributed by atoms with Crippen LogP contribution in [0.2, 0.25) is 0 Å². The van der Waals surface area contributed by atoms with Crippen molar-refractivity contribution in [2.24, 2.45) is 5.73 Å². The van der Waals surface area contributed by atoms with E-state index in [1.54, 1.807) is 29.2 Å². The fraction of sp³-hybridized carbons (Fsp3) is 0.231. The molecule has 0 radical (unpaired) electrons. The summed E-state index contributed by atoms with van der Waals surface area (Å²) in [5.41, 5.74) is 6.96. The molecule has 4 nitrogen and oxygen atoms in total. The normalized spacial score (nSPS) is 9.89. The van der Waals surface area contributed by atoms with Crippen molar-refractivity contribution in [3.8, 4) is 11.8 Å². The number of hydrogen-bond donors (Lipinski definition) is 1. The maximum absolute atomic E-state index is 11.8. The maximum Gasteiger partial charge on any atom is 0.253 e. The van der Waals surface area contributed by atoms with Crippen molar-refractivity contribution in [3.05, 3.63) is 50.3 Å². The van der Waals surface area contributed by atoms with Crippen LogP contribution < -0.4 is 11.3 Å². The topological polar surface area (TPSA) is 60.9 Å². The summed E-state index contributed by atoms with van der Waals surface area (Å²) in [6, 6.07) is 3.47. The largest absolute Gasteiger partial charge is 0.320 e. The van der Waals surface area contributed by atoms with Crippen molar-refractivity contribution >= 4 is 11.3 Å². The molecular weight excluding hydrogens is 246 g/mol. The molecule has 2 rings (SSSR count). The number of nitrogens with zero attached hydrogens (tertiary/aromatic N) is 2. The molecule has 2 aromatic rings. The highest BCUT2D eigenvalue weighted by atomic mass is 32.1. The average Bonchev–Trinajstić information content (AvgIpc) is 2.77. The van der Waals surface area contributed by atoms with E-state index in [1.165, 1.54) is 6.07 Å². The molecule has 0 aliphatic carbocycles. The van der Waals surface area contributed by atoms with E-state index < -0.39 is 0 Å². The number of nitrogens with two attached hydrogens (primary N) is 1. The lowest BCUT2D eigenvalue weighted by Gasteiger charge is -2.03. The van der Waals surface area contributed by atoms with Gasteiger partial charge in [0, 0.05) is 22.2 Å². The van der Waals surface area contributed by atoms with Crippen molar-refractivity contribution in [3.63, 3.8) is 0 Å². The number of thiophene rings is 1. The molecule has 92 valence electrons. The highest BCUT2D eigenvalue weighted by Gasteiger charge is 2.04. The molecule has 0 saturated carbocycles. The predicted molar refractivity (Wildman–Crippen MR) is 72.6 cm³/mol. The predicted octanol–water partition coefficient (Wildman–Crippen LogP) is 0.972. The zero-order chi connectivity index (χ0) is 13.0. The fourth-order valence-corrected chi connectivity index (χ4v) is 2.34. The first kappa shape index (κ1) is 12.6. The Balaban J connectivity index is 2.29. The van der Waals surface area contributed by atoms with Gasteiger partial charge in [0.25, 0.3) is 5.56 Å². The standard InChI is InChI=1S/C13H13N3OS/c1-10-7-13(17)16(9-15-10)8-12-11(3-2-5-14)4-6-18-12/h4,6-7,9H,5,8,14H2,1H3. The highest BCUT2D eigenvalue weighted by Crippen LogP contribution is 2.16. The van der Waals surface area contributed by atoms with Crippen LogP contribution in [-0.2, 0) is 6.54 Å². The Morgan fingerprint density at radius 1 is 1.56 bits per heavy atom. The molecule has 0 atom stereocenters. The smallest absolute Gasteiger partial charge is 0.253 e. The minimum Gasteiger partial charge on any atom is -0.320 e. The quantitative estimate of drug-likeness (QED) is 0.818. The van der Waals surface area contributed by atoms with Crippen LogP contribution in [-0.4, -0.2) is 16.1 Å². The third-order valence-electron chi connectivity index (χ3n) is 2.40. The average molecular weight is 259 g/mol. The maximum atomic E-state index is 11.8. The number of hydrogen-bond acceptors (Lipinski definition) is 4. The van der Waals surface area contributed by atoms with Gasteiger partial charge >= 0.3 is 0 Å². The first-order valence-corrected chi connectivity index (χ1v) is 6.37. The molecule has 0 bridgehead atoms. The SMILES string of the molecule is Cc1cc(=O)n(Cc2sccc2C#CCN)cn1. The van der Waals surface area contributed by atoms with Gasteiger partial charge in [-0.3, -0.25) is 9.36 Å². The third kappa shape index (κ3) is 2.86. The van der Waals surface area contributed by atoms with Crippen LogP contribution in [0.5, 0.6) is 0 Å². The Morgan fingerprint density at radius 3 is 3.11 bits per heavy atom. The van der Waals surface area contributed by atoms with Gasteiger partial charge in [-0.1, -0.05) is 11.8 Å². The van der Waals surface area contributed by atoms with Crippen LogP contribution in [0.4, 0.5) is 0 Å². The second-order valence-corrected chi connectivity index (χ2v) is 4.76. The van der Waals surface area contributed by atoms with Crippen LogP contribution in [0.1, 0.15) is 16.1 Å². The number of aryl methyl sites for hydroxylation is 1. The summed E-state index contributed by atoms with van der Waals surface area (Å²) in [5, 5.41) is 1.96. The molecule has 2 aromatic heterocycles. The summed E-state index contributed by atoms with van der Waals surface area (Å²) in [5.74, 6) is 5.83.